The molecule has 0 spiro atoms. The number of aryl methyl sites for hydroxylation is 2. The lowest BCUT2D eigenvalue weighted by Crippen LogP contribution is -2.10. The first-order valence-electron chi connectivity index (χ1n) is 8.25. The third-order valence-electron chi connectivity index (χ3n) is 4.26. The van der Waals surface area contributed by atoms with Gasteiger partial charge >= 0.3 is 0 Å². The minimum atomic E-state index is -0.460. The van der Waals surface area contributed by atoms with Crippen LogP contribution in [-0.2, 0) is 12.8 Å². The lowest BCUT2D eigenvalue weighted by atomic mass is 10.0. The fourth-order valence-electron chi connectivity index (χ4n) is 2.93. The summed E-state index contributed by atoms with van der Waals surface area (Å²) in [5.74, 6) is 0.291. The van der Waals surface area contributed by atoms with Gasteiger partial charge in [-0.25, -0.2) is 4.98 Å². The smallest absolute Gasteiger partial charge is 0.293 e. The molecule has 132 valence electrons. The Kier molecular flexibility index (Phi) is 4.26. The molecule has 1 amide bonds. The number of nitrogens with zero attached hydrogens (tertiary/aromatic N) is 2. The third-order valence-corrected chi connectivity index (χ3v) is 5.33. The Morgan fingerprint density at radius 2 is 1.92 bits per heavy atom. The van der Waals surface area contributed by atoms with E-state index in [-0.39, 0.29) is 17.4 Å². The zero-order valence-electron chi connectivity index (χ0n) is 13.7. The largest absolute Gasteiger partial charge is 0.451 e. The highest BCUT2D eigenvalue weighted by Gasteiger charge is 2.18. The fraction of sp³-hybridized carbons (Fsp3) is 0.222. The molecule has 0 saturated heterocycles. The lowest BCUT2D eigenvalue weighted by molar-refractivity contribution is -0.384. The van der Waals surface area contributed by atoms with Crippen LogP contribution in [0.3, 0.4) is 0 Å². The van der Waals surface area contributed by atoms with Crippen molar-refractivity contribution in [3.63, 3.8) is 0 Å². The molecule has 1 aliphatic rings. The summed E-state index contributed by atoms with van der Waals surface area (Å²) < 4.78 is 5.60. The van der Waals surface area contributed by atoms with Crippen molar-refractivity contribution in [1.29, 1.82) is 0 Å². The van der Waals surface area contributed by atoms with E-state index in [1.807, 2.05) is 0 Å². The van der Waals surface area contributed by atoms with Gasteiger partial charge in [-0.05, 0) is 49.9 Å². The van der Waals surface area contributed by atoms with Crippen molar-refractivity contribution < 1.29 is 14.1 Å². The van der Waals surface area contributed by atoms with Crippen LogP contribution >= 0.6 is 11.3 Å². The Morgan fingerprint density at radius 1 is 1.15 bits per heavy atom. The van der Waals surface area contributed by atoms with Crippen molar-refractivity contribution in [3.8, 4) is 11.3 Å². The molecule has 4 rings (SSSR count). The number of nitro benzene ring substituents is 1. The number of carbonyl (C=O) groups excluding carboxylic acids is 1. The minimum absolute atomic E-state index is 0.00556. The first kappa shape index (κ1) is 16.5. The van der Waals surface area contributed by atoms with E-state index in [4.69, 9.17) is 4.42 Å². The van der Waals surface area contributed by atoms with Crippen molar-refractivity contribution in [2.24, 2.45) is 0 Å². The van der Waals surface area contributed by atoms with E-state index in [2.05, 4.69) is 10.3 Å². The molecule has 0 radical (unpaired) electrons. The van der Waals surface area contributed by atoms with Crippen molar-refractivity contribution >= 4 is 28.1 Å². The van der Waals surface area contributed by atoms with Crippen LogP contribution in [-0.4, -0.2) is 15.8 Å². The second-order valence-corrected chi connectivity index (χ2v) is 7.10. The zero-order chi connectivity index (χ0) is 18.1. The summed E-state index contributed by atoms with van der Waals surface area (Å²) in [6.45, 7) is 0. The summed E-state index contributed by atoms with van der Waals surface area (Å²) in [4.78, 5) is 28.4. The molecule has 0 bridgehead atoms. The van der Waals surface area contributed by atoms with E-state index >= 15 is 0 Å². The molecule has 0 saturated carbocycles. The van der Waals surface area contributed by atoms with Crippen LogP contribution in [0.4, 0.5) is 10.8 Å². The number of rotatable bonds is 4. The summed E-state index contributed by atoms with van der Waals surface area (Å²) in [6, 6.07) is 9.24. The molecule has 3 aromatic rings. The molecule has 1 N–H and O–H groups in total. The number of furan rings is 1. The number of hydrogen-bond donors (Lipinski definition) is 1. The molecular weight excluding hydrogens is 354 g/mol. The summed E-state index contributed by atoms with van der Waals surface area (Å²) in [5, 5.41) is 14.1. The van der Waals surface area contributed by atoms with Crippen LogP contribution < -0.4 is 5.32 Å². The number of aromatic nitrogens is 1. The van der Waals surface area contributed by atoms with Gasteiger partial charge in [0, 0.05) is 22.6 Å². The van der Waals surface area contributed by atoms with Crippen molar-refractivity contribution in [3.05, 3.63) is 62.8 Å². The first-order chi connectivity index (χ1) is 12.6. The van der Waals surface area contributed by atoms with Gasteiger partial charge < -0.3 is 4.42 Å². The van der Waals surface area contributed by atoms with Crippen LogP contribution in [0.2, 0.25) is 0 Å². The molecule has 1 aromatic carbocycles. The van der Waals surface area contributed by atoms with E-state index in [1.165, 1.54) is 34.8 Å². The molecule has 0 atom stereocenters. The normalized spacial score (nSPS) is 13.2. The summed E-state index contributed by atoms with van der Waals surface area (Å²) in [6.07, 6.45) is 4.29. The number of thiazole rings is 1. The monoisotopic (exact) mass is 369 g/mol. The number of hydrogen-bond acceptors (Lipinski definition) is 6. The summed E-state index contributed by atoms with van der Waals surface area (Å²) in [5.41, 5.74) is 1.76. The van der Waals surface area contributed by atoms with Gasteiger partial charge in [0.2, 0.25) is 0 Å². The van der Waals surface area contributed by atoms with Crippen LogP contribution in [0.1, 0.15) is 34.0 Å². The van der Waals surface area contributed by atoms with Gasteiger partial charge in [-0.15, -0.1) is 11.3 Å². The van der Waals surface area contributed by atoms with E-state index < -0.39 is 4.92 Å². The van der Waals surface area contributed by atoms with E-state index in [1.54, 1.807) is 24.3 Å². The number of fused-ring (bicyclic) bond motifs is 1. The number of anilines is 1. The Morgan fingerprint density at radius 3 is 2.65 bits per heavy atom. The minimum Gasteiger partial charge on any atom is -0.451 e. The average Bonchev–Trinajstić information content (AvgIpc) is 3.28. The van der Waals surface area contributed by atoms with E-state index in [0.29, 0.717) is 16.5 Å². The molecule has 0 unspecified atom stereocenters. The average molecular weight is 369 g/mol. The van der Waals surface area contributed by atoms with Crippen molar-refractivity contribution in [1.82, 2.24) is 4.98 Å². The van der Waals surface area contributed by atoms with Gasteiger partial charge in [0.15, 0.2) is 10.9 Å². The van der Waals surface area contributed by atoms with Crippen LogP contribution in [0, 0.1) is 10.1 Å². The number of amides is 1. The Hall–Kier alpha value is -3.00. The van der Waals surface area contributed by atoms with Gasteiger partial charge in [-0.3, -0.25) is 20.2 Å². The molecule has 26 heavy (non-hydrogen) atoms. The van der Waals surface area contributed by atoms with Crippen molar-refractivity contribution in [2.45, 2.75) is 25.7 Å². The van der Waals surface area contributed by atoms with Gasteiger partial charge in [0.05, 0.1) is 10.6 Å². The quantitative estimate of drug-likeness (QED) is 0.541. The highest BCUT2D eigenvalue weighted by molar-refractivity contribution is 7.15. The maximum absolute atomic E-state index is 12.4. The number of nitrogens with one attached hydrogen (secondary N) is 1. The molecule has 8 heteroatoms. The van der Waals surface area contributed by atoms with Gasteiger partial charge in [0.25, 0.3) is 11.6 Å². The Balaban J connectivity index is 1.49. The van der Waals surface area contributed by atoms with Gasteiger partial charge in [-0.1, -0.05) is 0 Å². The van der Waals surface area contributed by atoms with Crippen LogP contribution in [0.5, 0.6) is 0 Å². The van der Waals surface area contributed by atoms with E-state index in [9.17, 15) is 14.9 Å². The van der Waals surface area contributed by atoms with Gasteiger partial charge in [0.1, 0.15) is 5.76 Å². The topological polar surface area (TPSA) is 98.3 Å². The van der Waals surface area contributed by atoms with Crippen LogP contribution in [0.25, 0.3) is 11.3 Å². The molecule has 7 nitrogen and oxygen atoms in total. The predicted octanol–water partition coefficient (Wildman–Crippen LogP) is 4.44. The highest BCUT2D eigenvalue weighted by Crippen LogP contribution is 2.30. The number of benzene rings is 1. The number of carbonyl (C=O) groups is 1. The second-order valence-electron chi connectivity index (χ2n) is 6.02. The highest BCUT2D eigenvalue weighted by atomic mass is 32.1. The molecule has 2 heterocycles. The molecular formula is C18H15N3O4S. The van der Waals surface area contributed by atoms with Crippen LogP contribution in [0.15, 0.2) is 40.8 Å². The molecule has 1 aliphatic carbocycles. The lowest BCUT2D eigenvalue weighted by Gasteiger charge is -2.06. The Bertz CT molecular complexity index is 951. The first-order valence-corrected chi connectivity index (χ1v) is 9.06. The van der Waals surface area contributed by atoms with Gasteiger partial charge in [-0.2, -0.15) is 0 Å². The number of nitro groups is 1. The second kappa shape index (κ2) is 6.72. The predicted molar refractivity (Wildman–Crippen MR) is 97.5 cm³/mol. The summed E-state index contributed by atoms with van der Waals surface area (Å²) >= 11 is 1.52. The zero-order valence-corrected chi connectivity index (χ0v) is 14.5. The standard InChI is InChI=1S/C18H15N3O4S/c22-17(20-18-19-13-3-1-2-4-16(13)26-18)15-10-9-14(25-15)11-5-7-12(8-6-11)21(23)24/h5-10H,1-4H2,(H,19,20,22). The molecule has 2 aromatic heterocycles. The molecule has 0 aliphatic heterocycles. The Labute approximate surface area is 152 Å². The van der Waals surface area contributed by atoms with E-state index in [0.717, 1.165) is 25.0 Å². The van der Waals surface area contributed by atoms with Crippen molar-refractivity contribution in [2.75, 3.05) is 5.32 Å². The summed E-state index contributed by atoms with van der Waals surface area (Å²) in [7, 11) is 0. The third kappa shape index (κ3) is 3.23. The fourth-order valence-corrected chi connectivity index (χ4v) is 3.97. The SMILES string of the molecule is O=C(Nc1nc2c(s1)CCCC2)c1ccc(-c2ccc([N+](=O)[O-])cc2)o1. The maximum Gasteiger partial charge on any atom is 0.293 e. The number of non-ortho nitro benzene ring substituents is 1. The maximum atomic E-state index is 12.4. The molecule has 0 fully saturated rings.